The van der Waals surface area contributed by atoms with E-state index in [0.717, 1.165) is 61.2 Å². The second kappa shape index (κ2) is 13.8. The number of aliphatic imine (C=N–C) groups is 2. The van der Waals surface area contributed by atoms with Crippen LogP contribution < -0.4 is 4.74 Å². The summed E-state index contributed by atoms with van der Waals surface area (Å²) >= 11 is 0. The minimum atomic E-state index is -5.71. The van der Waals surface area contributed by atoms with Crippen LogP contribution in [0.15, 0.2) is 45.9 Å². The second-order valence-electron chi connectivity index (χ2n) is 7.53. The number of aryl methyl sites for hydroxylation is 1. The maximum atomic E-state index is 12.4. The molecule has 0 aliphatic heterocycles. The predicted octanol–water partition coefficient (Wildman–Crippen LogP) is 6.70. The third kappa shape index (κ3) is 9.61. The number of halogens is 5. The molecule has 10 heteroatoms. The number of alkyl halides is 5. The zero-order valence-electron chi connectivity index (χ0n) is 19.8. The summed E-state index contributed by atoms with van der Waals surface area (Å²) in [4.78, 5) is 20.3. The molecule has 1 aliphatic rings. The Balaban J connectivity index is 0.000000350. The van der Waals surface area contributed by atoms with Gasteiger partial charge in [-0.1, -0.05) is 37.1 Å². The largest absolute Gasteiger partial charge is 0.499 e. The molecule has 1 aromatic carbocycles. The highest BCUT2D eigenvalue weighted by Crippen LogP contribution is 2.37. The van der Waals surface area contributed by atoms with Crippen molar-refractivity contribution in [3.8, 4) is 5.75 Å². The summed E-state index contributed by atoms with van der Waals surface area (Å²) < 4.78 is 68.5. The van der Waals surface area contributed by atoms with Gasteiger partial charge in [-0.15, -0.1) is 0 Å². The van der Waals surface area contributed by atoms with E-state index in [9.17, 15) is 26.7 Å². The molecule has 1 atom stereocenters. The zero-order valence-corrected chi connectivity index (χ0v) is 19.8. The fraction of sp³-hybridized carbons (Fsp3) is 0.542. The van der Waals surface area contributed by atoms with Crippen LogP contribution in [0.1, 0.15) is 51.5 Å². The Labute approximate surface area is 196 Å². The molecule has 0 saturated carbocycles. The summed E-state index contributed by atoms with van der Waals surface area (Å²) in [7, 11) is 1.76. The summed E-state index contributed by atoms with van der Waals surface area (Å²) in [5.41, 5.74) is 1.88. The third-order valence-corrected chi connectivity index (χ3v) is 4.76. The molecule has 0 aromatic heterocycles. The molecule has 1 aliphatic carbocycles. The van der Waals surface area contributed by atoms with Crippen LogP contribution in [-0.4, -0.2) is 44.0 Å². The van der Waals surface area contributed by atoms with Gasteiger partial charge in [0.25, 0.3) is 0 Å². The average Bonchev–Trinajstić information content (AvgIpc) is 2.78. The van der Waals surface area contributed by atoms with Crippen LogP contribution in [0, 0.1) is 12.8 Å². The lowest BCUT2D eigenvalue weighted by atomic mass is 9.89. The summed E-state index contributed by atoms with van der Waals surface area (Å²) in [6.07, 6.45) is -2.41. The van der Waals surface area contributed by atoms with Gasteiger partial charge in [0, 0.05) is 13.3 Å². The number of ether oxygens (including phenoxy) is 2. The lowest BCUT2D eigenvalue weighted by Gasteiger charge is -2.20. The van der Waals surface area contributed by atoms with Crippen molar-refractivity contribution in [1.82, 2.24) is 0 Å². The van der Waals surface area contributed by atoms with Gasteiger partial charge in [0.05, 0.1) is 12.5 Å². The van der Waals surface area contributed by atoms with Gasteiger partial charge in [0.1, 0.15) is 11.6 Å². The molecular formula is C24H31F5N2O3. The van der Waals surface area contributed by atoms with E-state index in [2.05, 4.69) is 27.7 Å². The quantitative estimate of drug-likeness (QED) is 0.185. The van der Waals surface area contributed by atoms with Gasteiger partial charge in [-0.05, 0) is 57.2 Å². The van der Waals surface area contributed by atoms with Crippen LogP contribution in [0.3, 0.4) is 0 Å². The molecule has 0 spiro atoms. The monoisotopic (exact) mass is 490 g/mol. The number of hydrogen-bond acceptors (Lipinski definition) is 4. The molecule has 0 bridgehead atoms. The third-order valence-electron chi connectivity index (χ3n) is 4.76. The first kappa shape index (κ1) is 29.3. The summed E-state index contributed by atoms with van der Waals surface area (Å²) in [6, 6.07) is 4.85. The maximum Gasteiger partial charge on any atom is 0.499 e. The van der Waals surface area contributed by atoms with E-state index in [1.54, 1.807) is 14.0 Å². The first-order valence-electron chi connectivity index (χ1n) is 11.0. The van der Waals surface area contributed by atoms with E-state index in [0.29, 0.717) is 6.61 Å². The Bertz CT molecular complexity index is 862. The number of unbranched alkanes of at least 4 members (excludes halogenated alkanes) is 1. The molecule has 1 aromatic rings. The van der Waals surface area contributed by atoms with E-state index >= 15 is 0 Å². The minimum absolute atomic E-state index is 0.00132. The lowest BCUT2D eigenvalue weighted by molar-refractivity contribution is -0.360. The Morgan fingerprint density at radius 1 is 1.15 bits per heavy atom. The minimum Gasteiger partial charge on any atom is -0.466 e. The van der Waals surface area contributed by atoms with Crippen LogP contribution in [0.5, 0.6) is 5.75 Å². The standard InChI is InChI=1S/C15H24N2O2.C9H7F5O/c1-4-6-11-17-14(16-3)12-7-9-13(10-8-12)15(18)19-5-2;1-6-2-4-7(5-3-6)15-9(13,14)8(10,11)12/h7,11,13H,4-6,8-10H2,1-3H3;2-5H,1H3. The van der Waals surface area contributed by atoms with E-state index < -0.39 is 18.0 Å². The number of carbonyl (C=O) groups is 1. The van der Waals surface area contributed by atoms with Gasteiger partial charge in [0.2, 0.25) is 0 Å². The first-order valence-corrected chi connectivity index (χ1v) is 11.0. The molecule has 0 saturated heterocycles. The molecular weight excluding hydrogens is 459 g/mol. The molecule has 0 radical (unpaired) electrons. The van der Waals surface area contributed by atoms with Gasteiger partial charge >= 0.3 is 18.3 Å². The SMILES string of the molecule is CCCC=NC(=NC)C1=CCC(C(=O)OCC)CC1.Cc1ccc(OC(F)(F)C(F)(F)F)cc1. The van der Waals surface area contributed by atoms with Crippen LogP contribution in [0.2, 0.25) is 0 Å². The number of amidine groups is 1. The van der Waals surface area contributed by atoms with Crippen molar-refractivity contribution in [3.63, 3.8) is 0 Å². The van der Waals surface area contributed by atoms with E-state index in [1.165, 1.54) is 12.1 Å². The molecule has 0 N–H and O–H groups in total. The Hall–Kier alpha value is -2.78. The highest BCUT2D eigenvalue weighted by atomic mass is 19.4. The van der Waals surface area contributed by atoms with Crippen molar-refractivity contribution >= 4 is 18.0 Å². The fourth-order valence-electron chi connectivity index (χ4n) is 2.89. The van der Waals surface area contributed by atoms with Crippen molar-refractivity contribution in [1.29, 1.82) is 0 Å². The molecule has 2 rings (SSSR count). The summed E-state index contributed by atoms with van der Waals surface area (Å²) in [5, 5.41) is 0. The number of esters is 1. The molecule has 1 unspecified atom stereocenters. The Kier molecular flexibility index (Phi) is 11.9. The van der Waals surface area contributed by atoms with E-state index in [-0.39, 0.29) is 11.9 Å². The van der Waals surface area contributed by atoms with Gasteiger partial charge in [-0.25, -0.2) is 4.99 Å². The van der Waals surface area contributed by atoms with Gasteiger partial charge < -0.3 is 9.47 Å². The molecule has 0 amide bonds. The van der Waals surface area contributed by atoms with Crippen LogP contribution >= 0.6 is 0 Å². The van der Waals surface area contributed by atoms with Gasteiger partial charge in [0.15, 0.2) is 0 Å². The van der Waals surface area contributed by atoms with Crippen LogP contribution in [0.25, 0.3) is 0 Å². The Morgan fingerprint density at radius 2 is 1.79 bits per heavy atom. The lowest BCUT2D eigenvalue weighted by Crippen LogP contribution is -2.41. The molecule has 0 heterocycles. The summed E-state index contributed by atoms with van der Waals surface area (Å²) in [6.45, 7) is 6.09. The highest BCUT2D eigenvalue weighted by molar-refractivity contribution is 6.02. The van der Waals surface area contributed by atoms with Crippen molar-refractivity contribution < 1.29 is 36.2 Å². The molecule has 190 valence electrons. The summed E-state index contributed by atoms with van der Waals surface area (Å²) in [5.74, 6) is 0.197. The number of benzene rings is 1. The number of allylic oxidation sites excluding steroid dienone is 1. The second-order valence-corrected chi connectivity index (χ2v) is 7.53. The van der Waals surface area contributed by atoms with Crippen LogP contribution in [0.4, 0.5) is 22.0 Å². The van der Waals surface area contributed by atoms with Crippen LogP contribution in [-0.2, 0) is 9.53 Å². The van der Waals surface area contributed by atoms with Gasteiger partial charge in [-0.3, -0.25) is 9.79 Å². The Morgan fingerprint density at radius 3 is 2.26 bits per heavy atom. The topological polar surface area (TPSA) is 60.2 Å². The van der Waals surface area contributed by atoms with Crippen molar-refractivity contribution in [2.45, 2.75) is 65.2 Å². The molecule has 5 nitrogen and oxygen atoms in total. The fourth-order valence-corrected chi connectivity index (χ4v) is 2.89. The molecule has 34 heavy (non-hydrogen) atoms. The number of carbonyl (C=O) groups excluding carboxylic acids is 1. The first-order chi connectivity index (χ1) is 15.9. The number of hydrogen-bond donors (Lipinski definition) is 0. The predicted molar refractivity (Wildman–Crippen MR) is 122 cm³/mol. The maximum absolute atomic E-state index is 12.4. The van der Waals surface area contributed by atoms with Crippen molar-refractivity contribution in [2.24, 2.45) is 15.9 Å². The zero-order chi connectivity index (χ0) is 25.8. The van der Waals surface area contributed by atoms with Crippen molar-refractivity contribution in [3.05, 3.63) is 41.5 Å². The van der Waals surface area contributed by atoms with E-state index in [1.807, 2.05) is 13.1 Å². The average molecular weight is 491 g/mol. The highest BCUT2D eigenvalue weighted by Gasteiger charge is 2.61. The van der Waals surface area contributed by atoms with Crippen molar-refractivity contribution in [2.75, 3.05) is 13.7 Å². The number of nitrogens with zero attached hydrogens (tertiary/aromatic N) is 2. The van der Waals surface area contributed by atoms with E-state index in [4.69, 9.17) is 4.74 Å². The number of rotatable bonds is 7. The molecule has 0 fully saturated rings. The van der Waals surface area contributed by atoms with Gasteiger partial charge in [-0.2, -0.15) is 22.0 Å². The smallest absolute Gasteiger partial charge is 0.466 e. The normalized spacial score (nSPS) is 17.0.